The van der Waals surface area contributed by atoms with Gasteiger partial charge in [-0.1, -0.05) is 51.9 Å². The second-order valence-corrected chi connectivity index (χ2v) is 16.6. The maximum absolute atomic E-state index is 14.0. The van der Waals surface area contributed by atoms with Crippen molar-refractivity contribution in [2.75, 3.05) is 31.8 Å². The summed E-state index contributed by atoms with van der Waals surface area (Å²) in [5, 5.41) is 50.3. The molecular formula is C41H50N2O7S2. The Morgan fingerprint density at radius 2 is 1.83 bits per heavy atom. The molecule has 4 aromatic rings. The molecule has 0 saturated carbocycles. The van der Waals surface area contributed by atoms with E-state index in [9.17, 15) is 25.2 Å². The van der Waals surface area contributed by atoms with E-state index in [1.165, 1.54) is 0 Å². The van der Waals surface area contributed by atoms with Gasteiger partial charge in [-0.15, -0.1) is 0 Å². The zero-order chi connectivity index (χ0) is 36.8. The molecule has 0 amide bonds. The second kappa shape index (κ2) is 17.6. The molecule has 6 rings (SSSR count). The highest BCUT2D eigenvalue weighted by molar-refractivity contribution is 8.76. The van der Waals surface area contributed by atoms with E-state index in [1.54, 1.807) is 26.2 Å². The number of phenolic OH excluding ortho intramolecular Hbond substituents is 2. The first-order chi connectivity index (χ1) is 25.2. The average molecular weight is 747 g/mol. The van der Waals surface area contributed by atoms with Gasteiger partial charge in [-0.25, -0.2) is 0 Å². The van der Waals surface area contributed by atoms with E-state index in [1.807, 2.05) is 65.0 Å². The van der Waals surface area contributed by atoms with Gasteiger partial charge in [-0.05, 0) is 115 Å². The Balaban J connectivity index is 1.42. The lowest BCUT2D eigenvalue weighted by atomic mass is 9.85. The Bertz CT molecular complexity index is 1870. The molecule has 1 fully saturated rings. The zero-order valence-electron chi connectivity index (χ0n) is 30.1. The molecule has 2 bridgehead atoms. The molecule has 1 aliphatic carbocycles. The number of aromatic hydroxyl groups is 2. The number of benzene rings is 4. The molecule has 11 heteroatoms. The second-order valence-electron chi connectivity index (χ2n) is 13.9. The van der Waals surface area contributed by atoms with Crippen LogP contribution in [0.4, 0.5) is 5.69 Å². The van der Waals surface area contributed by atoms with Gasteiger partial charge < -0.3 is 35.2 Å². The van der Waals surface area contributed by atoms with Gasteiger partial charge in [0.1, 0.15) is 17.8 Å². The van der Waals surface area contributed by atoms with Gasteiger partial charge in [0.25, 0.3) is 0 Å². The lowest BCUT2D eigenvalue weighted by Crippen LogP contribution is -2.33. The van der Waals surface area contributed by atoms with Crippen LogP contribution in [0.2, 0.25) is 0 Å². The van der Waals surface area contributed by atoms with Crippen molar-refractivity contribution in [2.24, 2.45) is 5.92 Å². The van der Waals surface area contributed by atoms with Crippen LogP contribution in [0.5, 0.6) is 17.2 Å². The summed E-state index contributed by atoms with van der Waals surface area (Å²) in [4.78, 5) is 14.0. The van der Waals surface area contributed by atoms with Crippen LogP contribution in [0.3, 0.4) is 0 Å². The highest BCUT2D eigenvalue weighted by Gasteiger charge is 2.33. The summed E-state index contributed by atoms with van der Waals surface area (Å²) in [5.74, 6) is 1.78. The molecule has 6 N–H and O–H groups in total. The Morgan fingerprint density at radius 3 is 2.60 bits per heavy atom. The number of aliphatic hydroxyl groups is 2. The standard InChI is InChI=1S/C41H50N2O7S2/c1-24(45)22-43-34-15-9-28(19-29(34)23-44)41(42-2)50-36-21-31(47)13-7-27-10-16-35(48)40(49-3)38(27)32-14-8-25-6-12-30(46)20-33(25)39(32)37-17-11-26(36)5-4-18-51-52-37/h6,8-10,12,14-16,19-20,24,26,36-37,41-46,48H,4-5,7,11,13,17-18,21-23H2,1-3H3. The van der Waals surface area contributed by atoms with Gasteiger partial charge in [0, 0.05) is 47.2 Å². The number of Topliss-reactive ketones (excluding diaryl/α,β-unsaturated/α-hetero) is 1. The monoisotopic (exact) mass is 746 g/mol. The fourth-order valence-electron chi connectivity index (χ4n) is 7.63. The summed E-state index contributed by atoms with van der Waals surface area (Å²) < 4.78 is 12.8. The summed E-state index contributed by atoms with van der Waals surface area (Å²) >= 11 is 0. The predicted octanol–water partition coefficient (Wildman–Crippen LogP) is 8.03. The van der Waals surface area contributed by atoms with Crippen molar-refractivity contribution in [3.05, 3.63) is 82.9 Å². The Hall–Kier alpha value is -3.45. The quantitative estimate of drug-likeness (QED) is 0.0733. The summed E-state index contributed by atoms with van der Waals surface area (Å²) in [7, 11) is 7.11. The molecule has 0 radical (unpaired) electrons. The van der Waals surface area contributed by atoms with Crippen LogP contribution in [0.1, 0.15) is 79.2 Å². The molecule has 5 unspecified atom stereocenters. The van der Waals surface area contributed by atoms with Gasteiger partial charge in [0.05, 0.1) is 25.9 Å². The van der Waals surface area contributed by atoms with Crippen molar-refractivity contribution < 1.29 is 34.7 Å². The number of ether oxygens (including phenoxy) is 2. The van der Waals surface area contributed by atoms with Crippen LogP contribution >= 0.6 is 21.6 Å². The first-order valence-corrected chi connectivity index (χ1v) is 20.5. The number of carbonyl (C=O) groups excluding carboxylic acids is 1. The number of aliphatic hydroxyl groups excluding tert-OH is 2. The number of carbonyl (C=O) groups is 1. The van der Waals surface area contributed by atoms with E-state index in [2.05, 4.69) is 22.8 Å². The van der Waals surface area contributed by atoms with E-state index < -0.39 is 12.3 Å². The molecule has 0 spiro atoms. The van der Waals surface area contributed by atoms with Crippen molar-refractivity contribution in [3.63, 3.8) is 0 Å². The first kappa shape index (κ1) is 38.3. The van der Waals surface area contributed by atoms with Crippen LogP contribution in [-0.2, 0) is 22.6 Å². The summed E-state index contributed by atoms with van der Waals surface area (Å²) in [5.41, 5.74) is 6.02. The molecule has 1 heterocycles. The number of phenols is 2. The summed E-state index contributed by atoms with van der Waals surface area (Å²) in [6, 6.07) is 18.9. The third-order valence-corrected chi connectivity index (χ3v) is 13.1. The lowest BCUT2D eigenvalue weighted by molar-refractivity contribution is -0.126. The molecule has 5 atom stereocenters. The van der Waals surface area contributed by atoms with Crippen molar-refractivity contribution in [2.45, 2.75) is 82.2 Å². The number of aryl methyl sites for hydroxylation is 1. The van der Waals surface area contributed by atoms with Gasteiger partial charge in [0.2, 0.25) is 0 Å². The number of hydrogen-bond donors (Lipinski definition) is 6. The number of methoxy groups -OCH3 is 1. The minimum atomic E-state index is -0.533. The van der Waals surface area contributed by atoms with E-state index in [0.29, 0.717) is 30.7 Å². The SMILES string of the molecule is CNC(OC1CC(=O)CCc2ccc(O)c(OC)c2-c2ccc3ccc(O)cc3c2C2CCC1CCCSS2)c1ccc(NCC(C)O)c(CO)c1. The molecule has 278 valence electrons. The predicted molar refractivity (Wildman–Crippen MR) is 211 cm³/mol. The molecule has 4 aromatic carbocycles. The maximum atomic E-state index is 14.0. The fraction of sp³-hybridized carbons (Fsp3) is 0.439. The minimum absolute atomic E-state index is 0.0389. The number of hydrogen-bond acceptors (Lipinski definition) is 11. The van der Waals surface area contributed by atoms with E-state index in [-0.39, 0.29) is 47.6 Å². The van der Waals surface area contributed by atoms with Crippen LogP contribution in [0.25, 0.3) is 21.9 Å². The normalized spacial score (nSPS) is 20.9. The zero-order valence-corrected chi connectivity index (χ0v) is 31.7. The highest BCUT2D eigenvalue weighted by Crippen LogP contribution is 2.52. The maximum Gasteiger partial charge on any atom is 0.168 e. The molecule has 1 aliphatic heterocycles. The smallest absolute Gasteiger partial charge is 0.168 e. The molecule has 2 aliphatic rings. The van der Waals surface area contributed by atoms with Gasteiger partial charge in [-0.3, -0.25) is 10.1 Å². The van der Waals surface area contributed by atoms with Crippen LogP contribution in [0, 0.1) is 5.92 Å². The average Bonchev–Trinajstić information content (AvgIpc) is 3.26. The number of rotatable bonds is 9. The molecular weight excluding hydrogens is 697 g/mol. The van der Waals surface area contributed by atoms with Crippen molar-refractivity contribution >= 4 is 43.8 Å². The van der Waals surface area contributed by atoms with E-state index in [0.717, 1.165) is 75.7 Å². The number of fused-ring (bicyclic) bond motifs is 9. The molecule has 9 nitrogen and oxygen atoms in total. The first-order valence-electron chi connectivity index (χ1n) is 18.1. The van der Waals surface area contributed by atoms with Crippen LogP contribution in [0.15, 0.2) is 60.7 Å². The fourth-order valence-corrected chi connectivity index (χ4v) is 10.5. The minimum Gasteiger partial charge on any atom is -0.508 e. The number of anilines is 1. The Labute approximate surface area is 313 Å². The van der Waals surface area contributed by atoms with Crippen LogP contribution < -0.4 is 15.4 Å². The molecule has 1 saturated heterocycles. The summed E-state index contributed by atoms with van der Waals surface area (Å²) in [6.45, 7) is 1.90. The number of nitrogens with one attached hydrogen (secondary N) is 2. The van der Waals surface area contributed by atoms with E-state index in [4.69, 9.17) is 9.47 Å². The lowest BCUT2D eigenvalue weighted by Gasteiger charge is -2.32. The Morgan fingerprint density at radius 1 is 1.00 bits per heavy atom. The molecule has 0 aromatic heterocycles. The van der Waals surface area contributed by atoms with Crippen molar-refractivity contribution in [1.82, 2.24) is 5.32 Å². The van der Waals surface area contributed by atoms with Crippen molar-refractivity contribution in [3.8, 4) is 28.4 Å². The van der Waals surface area contributed by atoms with Gasteiger partial charge in [0.15, 0.2) is 11.5 Å². The topological polar surface area (TPSA) is 141 Å². The van der Waals surface area contributed by atoms with Crippen LogP contribution in [-0.4, -0.2) is 64.9 Å². The third-order valence-electron chi connectivity index (χ3n) is 10.2. The number of ketones is 1. The largest absolute Gasteiger partial charge is 0.508 e. The van der Waals surface area contributed by atoms with Gasteiger partial charge >= 0.3 is 0 Å². The van der Waals surface area contributed by atoms with E-state index >= 15 is 0 Å². The third kappa shape index (κ3) is 8.67. The van der Waals surface area contributed by atoms with Crippen molar-refractivity contribution in [1.29, 1.82) is 0 Å². The highest BCUT2D eigenvalue weighted by atomic mass is 33.1. The Kier molecular flexibility index (Phi) is 12.9. The molecule has 52 heavy (non-hydrogen) atoms. The summed E-state index contributed by atoms with van der Waals surface area (Å²) in [6.07, 6.45) is 3.18. The van der Waals surface area contributed by atoms with Gasteiger partial charge in [-0.2, -0.15) is 0 Å².